The third-order valence-electron chi connectivity index (χ3n) is 2.52. The average Bonchev–Trinajstić information content (AvgIpc) is 2.35. The van der Waals surface area contributed by atoms with Crippen molar-refractivity contribution in [1.82, 2.24) is 0 Å². The van der Waals surface area contributed by atoms with E-state index in [4.69, 9.17) is 19.9 Å². The molecule has 0 radical (unpaired) electrons. The Labute approximate surface area is 116 Å². The summed E-state index contributed by atoms with van der Waals surface area (Å²) in [7, 11) is 0. The number of ether oxygens (including phenoxy) is 3. The van der Waals surface area contributed by atoms with Gasteiger partial charge in [-0.1, -0.05) is 20.8 Å². The van der Waals surface area contributed by atoms with Gasteiger partial charge in [0, 0.05) is 18.1 Å². The van der Waals surface area contributed by atoms with E-state index in [1.165, 1.54) is 0 Å². The molecular weight excluding hydrogens is 250 g/mol. The molecule has 0 rings (SSSR count). The summed E-state index contributed by atoms with van der Waals surface area (Å²) in [5, 5.41) is 0. The summed E-state index contributed by atoms with van der Waals surface area (Å²) in [6, 6.07) is 0. The summed E-state index contributed by atoms with van der Waals surface area (Å²) in [6.45, 7) is 9.64. The molecule has 0 bridgehead atoms. The van der Waals surface area contributed by atoms with Crippen molar-refractivity contribution in [1.29, 1.82) is 0 Å². The summed E-state index contributed by atoms with van der Waals surface area (Å²) in [6.07, 6.45) is 1.34. The molecule has 0 fully saturated rings. The van der Waals surface area contributed by atoms with Crippen molar-refractivity contribution in [2.75, 3.05) is 44.7 Å². The molecule has 0 aliphatic rings. The second-order valence-corrected chi connectivity index (χ2v) is 5.62. The minimum absolute atomic E-state index is 0.308. The third kappa shape index (κ3) is 11.3. The fraction of sp³-hybridized carbons (Fsp3) is 1.00. The molecule has 0 aliphatic carbocycles. The predicted octanol–water partition coefficient (Wildman–Crippen LogP) is 2.12. The molecule has 1 atom stereocenters. The highest BCUT2D eigenvalue weighted by molar-refractivity contribution is 7.99. The summed E-state index contributed by atoms with van der Waals surface area (Å²) < 4.78 is 16.4. The van der Waals surface area contributed by atoms with E-state index in [1.54, 1.807) is 0 Å². The molecule has 0 amide bonds. The molecule has 4 nitrogen and oxygen atoms in total. The van der Waals surface area contributed by atoms with Crippen LogP contribution in [0.3, 0.4) is 0 Å². The van der Waals surface area contributed by atoms with Gasteiger partial charge in [0.15, 0.2) is 0 Å². The van der Waals surface area contributed by atoms with E-state index >= 15 is 0 Å². The Hall–Kier alpha value is 0.190. The standard InChI is InChI=1S/C13H29NO3S/c1-4-13(12(2)3)17-11-16-8-10-18-9-7-15-6-5-14/h12-13H,4-11,14H2,1-3H3/t13-/m0/s1. The van der Waals surface area contributed by atoms with Crippen molar-refractivity contribution in [2.45, 2.75) is 33.3 Å². The van der Waals surface area contributed by atoms with Crippen molar-refractivity contribution >= 4 is 11.8 Å². The lowest BCUT2D eigenvalue weighted by atomic mass is 10.1. The molecule has 0 unspecified atom stereocenters. The van der Waals surface area contributed by atoms with E-state index in [0.717, 1.165) is 31.1 Å². The van der Waals surface area contributed by atoms with Crippen molar-refractivity contribution in [2.24, 2.45) is 11.7 Å². The molecule has 0 saturated heterocycles. The number of thioether (sulfide) groups is 1. The minimum Gasteiger partial charge on any atom is -0.379 e. The summed E-state index contributed by atoms with van der Waals surface area (Å²) in [5.41, 5.74) is 5.32. The van der Waals surface area contributed by atoms with Crippen LogP contribution >= 0.6 is 11.8 Å². The van der Waals surface area contributed by atoms with E-state index in [-0.39, 0.29) is 0 Å². The number of hydrogen-bond donors (Lipinski definition) is 1. The monoisotopic (exact) mass is 279 g/mol. The number of rotatable bonds is 13. The second kappa shape index (κ2) is 13.6. The Morgan fingerprint density at radius 2 is 1.72 bits per heavy atom. The third-order valence-corrected chi connectivity index (χ3v) is 3.43. The highest BCUT2D eigenvalue weighted by atomic mass is 32.2. The fourth-order valence-electron chi connectivity index (χ4n) is 1.50. The van der Waals surface area contributed by atoms with E-state index in [1.807, 2.05) is 11.8 Å². The Morgan fingerprint density at radius 1 is 1.06 bits per heavy atom. The molecule has 0 spiro atoms. The second-order valence-electron chi connectivity index (χ2n) is 4.40. The first kappa shape index (κ1) is 18.2. The highest BCUT2D eigenvalue weighted by Crippen LogP contribution is 2.10. The lowest BCUT2D eigenvalue weighted by Crippen LogP contribution is -2.20. The van der Waals surface area contributed by atoms with Crippen LogP contribution in [0.15, 0.2) is 0 Å². The molecule has 0 aliphatic heterocycles. The van der Waals surface area contributed by atoms with Crippen molar-refractivity contribution in [3.63, 3.8) is 0 Å². The fourth-order valence-corrected chi connectivity index (χ4v) is 2.17. The van der Waals surface area contributed by atoms with Crippen molar-refractivity contribution < 1.29 is 14.2 Å². The Balaban J connectivity index is 3.15. The van der Waals surface area contributed by atoms with Crippen molar-refractivity contribution in [3.05, 3.63) is 0 Å². The van der Waals surface area contributed by atoms with Gasteiger partial charge in [-0.2, -0.15) is 11.8 Å². The first-order valence-corrected chi connectivity index (χ1v) is 7.92. The zero-order valence-corrected chi connectivity index (χ0v) is 12.8. The van der Waals surface area contributed by atoms with E-state index in [0.29, 0.717) is 32.0 Å². The van der Waals surface area contributed by atoms with Crippen LogP contribution in [-0.4, -0.2) is 50.8 Å². The summed E-state index contributed by atoms with van der Waals surface area (Å²) in [4.78, 5) is 0. The highest BCUT2D eigenvalue weighted by Gasteiger charge is 2.10. The average molecular weight is 279 g/mol. The molecule has 0 saturated carbocycles. The van der Waals surface area contributed by atoms with Gasteiger partial charge in [-0.15, -0.1) is 0 Å². The quantitative estimate of drug-likeness (QED) is 0.413. The van der Waals surface area contributed by atoms with Crippen LogP contribution in [0.25, 0.3) is 0 Å². The van der Waals surface area contributed by atoms with Crippen LogP contribution in [0, 0.1) is 5.92 Å². The van der Waals surface area contributed by atoms with E-state index in [2.05, 4.69) is 20.8 Å². The maximum absolute atomic E-state index is 5.64. The summed E-state index contributed by atoms with van der Waals surface area (Å²) in [5.74, 6) is 2.52. The lowest BCUT2D eigenvalue weighted by molar-refractivity contribution is -0.0995. The number of nitrogens with two attached hydrogens (primary N) is 1. The van der Waals surface area contributed by atoms with Crippen LogP contribution in [0.4, 0.5) is 0 Å². The Bertz CT molecular complexity index is 170. The van der Waals surface area contributed by atoms with Crippen LogP contribution in [0.5, 0.6) is 0 Å². The van der Waals surface area contributed by atoms with Gasteiger partial charge in [-0.3, -0.25) is 0 Å². The van der Waals surface area contributed by atoms with Gasteiger partial charge in [0.25, 0.3) is 0 Å². The minimum atomic E-state index is 0.308. The van der Waals surface area contributed by atoms with E-state index in [9.17, 15) is 0 Å². The van der Waals surface area contributed by atoms with Crippen LogP contribution in [0.2, 0.25) is 0 Å². The largest absolute Gasteiger partial charge is 0.379 e. The van der Waals surface area contributed by atoms with Crippen molar-refractivity contribution in [3.8, 4) is 0 Å². The van der Waals surface area contributed by atoms with Gasteiger partial charge in [-0.25, -0.2) is 0 Å². The summed E-state index contributed by atoms with van der Waals surface area (Å²) >= 11 is 1.83. The molecule has 0 aromatic heterocycles. The maximum Gasteiger partial charge on any atom is 0.147 e. The molecule has 2 N–H and O–H groups in total. The molecule has 18 heavy (non-hydrogen) atoms. The van der Waals surface area contributed by atoms with Crippen LogP contribution < -0.4 is 5.73 Å². The maximum atomic E-state index is 5.64. The molecule has 0 aromatic carbocycles. The van der Waals surface area contributed by atoms with Gasteiger partial charge in [0.05, 0.1) is 25.9 Å². The van der Waals surface area contributed by atoms with Crippen LogP contribution in [-0.2, 0) is 14.2 Å². The van der Waals surface area contributed by atoms with Crippen LogP contribution in [0.1, 0.15) is 27.2 Å². The van der Waals surface area contributed by atoms with Gasteiger partial charge in [0.1, 0.15) is 6.79 Å². The predicted molar refractivity (Wildman–Crippen MR) is 78.0 cm³/mol. The smallest absolute Gasteiger partial charge is 0.147 e. The lowest BCUT2D eigenvalue weighted by Gasteiger charge is -2.19. The molecule has 110 valence electrons. The zero-order chi connectivity index (χ0) is 13.6. The molecule has 0 aromatic rings. The first-order chi connectivity index (χ1) is 8.72. The van der Waals surface area contributed by atoms with E-state index < -0.39 is 0 Å². The topological polar surface area (TPSA) is 53.7 Å². The van der Waals surface area contributed by atoms with Gasteiger partial charge in [-0.05, 0) is 12.3 Å². The zero-order valence-electron chi connectivity index (χ0n) is 12.0. The Kier molecular flexibility index (Phi) is 13.8. The van der Waals surface area contributed by atoms with Gasteiger partial charge in [0.2, 0.25) is 0 Å². The Morgan fingerprint density at radius 3 is 2.28 bits per heavy atom. The molecular formula is C13H29NO3S. The van der Waals surface area contributed by atoms with Gasteiger partial charge >= 0.3 is 0 Å². The normalized spacial score (nSPS) is 13.2. The van der Waals surface area contributed by atoms with Gasteiger partial charge < -0.3 is 19.9 Å². The molecule has 5 heteroatoms. The number of hydrogen-bond acceptors (Lipinski definition) is 5. The first-order valence-electron chi connectivity index (χ1n) is 6.77. The molecule has 0 heterocycles. The SMILES string of the molecule is CC[C@H](OCOCCSCCOCCN)C(C)C.